The fourth-order valence-electron chi connectivity index (χ4n) is 2.24. The third-order valence-corrected chi connectivity index (χ3v) is 4.97. The van der Waals surface area contributed by atoms with Crippen LogP contribution in [-0.2, 0) is 0 Å². The molecule has 0 saturated carbocycles. The van der Waals surface area contributed by atoms with Crippen LogP contribution in [0.5, 0.6) is 11.5 Å². The summed E-state index contributed by atoms with van der Waals surface area (Å²) in [6.45, 7) is 5.82. The van der Waals surface area contributed by atoms with E-state index >= 15 is 0 Å². The highest BCUT2D eigenvalue weighted by Crippen LogP contribution is 2.39. The van der Waals surface area contributed by atoms with Crippen LogP contribution in [0.2, 0.25) is 10.0 Å². The van der Waals surface area contributed by atoms with Gasteiger partial charge in [-0.25, -0.2) is 9.97 Å². The van der Waals surface area contributed by atoms with Gasteiger partial charge in [0, 0.05) is 9.92 Å². The van der Waals surface area contributed by atoms with E-state index < -0.39 is 0 Å². The molecule has 0 atom stereocenters. The lowest BCUT2D eigenvalue weighted by atomic mass is 10.2. The van der Waals surface area contributed by atoms with Gasteiger partial charge in [0.2, 0.25) is 0 Å². The molecule has 0 radical (unpaired) electrons. The number of aromatic nitrogens is 2. The Bertz CT molecular complexity index is 914. The maximum atomic E-state index is 6.24. The Kier molecular flexibility index (Phi) is 5.52. The molecule has 0 amide bonds. The molecule has 0 fully saturated rings. The molecule has 0 saturated heterocycles. The predicted octanol–water partition coefficient (Wildman–Crippen LogP) is 6.65. The van der Waals surface area contributed by atoms with Gasteiger partial charge in [-0.2, -0.15) is 0 Å². The third-order valence-electron chi connectivity index (χ3n) is 3.46. The van der Waals surface area contributed by atoms with Gasteiger partial charge in [0.25, 0.3) is 0 Å². The minimum atomic E-state index is 0.443. The highest BCUT2D eigenvalue weighted by Gasteiger charge is 2.16. The smallest absolute Gasteiger partial charge is 0.181 e. The molecule has 1 heterocycles. The molecule has 0 aliphatic carbocycles. The maximum absolute atomic E-state index is 6.24. The zero-order valence-corrected chi connectivity index (χ0v) is 16.3. The van der Waals surface area contributed by atoms with E-state index in [0.717, 1.165) is 15.6 Å². The van der Waals surface area contributed by atoms with E-state index in [2.05, 4.69) is 41.2 Å². The molecule has 2 aromatic carbocycles. The van der Waals surface area contributed by atoms with Crippen LogP contribution in [0.15, 0.2) is 52.4 Å². The summed E-state index contributed by atoms with van der Waals surface area (Å²) in [7, 11) is 0. The van der Waals surface area contributed by atoms with Gasteiger partial charge in [-0.1, -0.05) is 52.7 Å². The first-order valence-corrected chi connectivity index (χ1v) is 9.22. The van der Waals surface area contributed by atoms with Crippen LogP contribution in [-0.4, -0.2) is 9.97 Å². The first-order valence-electron chi connectivity index (χ1n) is 7.65. The second kappa shape index (κ2) is 7.65. The molecular formula is C19H16Cl2N2OS. The van der Waals surface area contributed by atoms with Gasteiger partial charge in [-0.3, -0.25) is 0 Å². The largest absolute Gasteiger partial charge is 0.451 e. The predicted molar refractivity (Wildman–Crippen MR) is 103 cm³/mol. The van der Waals surface area contributed by atoms with Crippen molar-refractivity contribution in [3.63, 3.8) is 0 Å². The number of halogens is 2. The molecule has 3 aromatic rings. The summed E-state index contributed by atoms with van der Waals surface area (Å²) in [6.07, 6.45) is 0. The molecule has 0 bridgehead atoms. The summed E-state index contributed by atoms with van der Waals surface area (Å²) in [5.41, 5.74) is 1.97. The number of benzene rings is 2. The summed E-state index contributed by atoms with van der Waals surface area (Å²) in [6, 6.07) is 13.4. The second-order valence-electron chi connectivity index (χ2n) is 5.58. The summed E-state index contributed by atoms with van der Waals surface area (Å²) in [5, 5.41) is 1.75. The third kappa shape index (κ3) is 4.46. The quantitative estimate of drug-likeness (QED) is 0.466. The van der Waals surface area contributed by atoms with Crippen LogP contribution >= 0.6 is 35.0 Å². The average molecular weight is 391 g/mol. The molecule has 1 aromatic heterocycles. The maximum Gasteiger partial charge on any atom is 0.181 e. The minimum Gasteiger partial charge on any atom is -0.451 e. The summed E-state index contributed by atoms with van der Waals surface area (Å²) in [5.74, 6) is 1.81. The van der Waals surface area contributed by atoms with E-state index in [-0.39, 0.29) is 0 Å². The molecule has 25 heavy (non-hydrogen) atoms. The first-order chi connectivity index (χ1) is 11.9. The van der Waals surface area contributed by atoms with Crippen LogP contribution in [0.1, 0.15) is 17.1 Å². The average Bonchev–Trinajstić information content (AvgIpc) is 2.54. The molecule has 0 aliphatic heterocycles. The minimum absolute atomic E-state index is 0.443. The highest BCUT2D eigenvalue weighted by molar-refractivity contribution is 7.99. The summed E-state index contributed by atoms with van der Waals surface area (Å²) < 4.78 is 6.04. The molecule has 3 nitrogen and oxygen atoms in total. The van der Waals surface area contributed by atoms with Crippen molar-refractivity contribution >= 4 is 35.0 Å². The lowest BCUT2D eigenvalue weighted by Crippen LogP contribution is -1.99. The van der Waals surface area contributed by atoms with Crippen molar-refractivity contribution in [2.75, 3.05) is 0 Å². The SMILES string of the molecule is Cc1ccc(Sc2nc(C)nc(C)c2Oc2ccc(Cl)cc2Cl)cc1. The molecule has 6 heteroatoms. The van der Waals surface area contributed by atoms with E-state index in [1.165, 1.54) is 17.3 Å². The summed E-state index contributed by atoms with van der Waals surface area (Å²) in [4.78, 5) is 10.0. The van der Waals surface area contributed by atoms with Gasteiger partial charge < -0.3 is 4.74 Å². The number of hydrogen-bond acceptors (Lipinski definition) is 4. The van der Waals surface area contributed by atoms with Gasteiger partial charge in [-0.05, 0) is 51.1 Å². The highest BCUT2D eigenvalue weighted by atomic mass is 35.5. The van der Waals surface area contributed by atoms with Crippen molar-refractivity contribution in [3.8, 4) is 11.5 Å². The molecule has 0 spiro atoms. The number of rotatable bonds is 4. The van der Waals surface area contributed by atoms with E-state index in [1.807, 2.05) is 13.8 Å². The second-order valence-corrected chi connectivity index (χ2v) is 7.49. The van der Waals surface area contributed by atoms with Gasteiger partial charge >= 0.3 is 0 Å². The van der Waals surface area contributed by atoms with Crippen molar-refractivity contribution in [1.29, 1.82) is 0 Å². The van der Waals surface area contributed by atoms with E-state index in [9.17, 15) is 0 Å². The van der Waals surface area contributed by atoms with Crippen LogP contribution in [0.25, 0.3) is 0 Å². The number of ether oxygens (including phenoxy) is 1. The van der Waals surface area contributed by atoms with Gasteiger partial charge in [0.1, 0.15) is 16.6 Å². The van der Waals surface area contributed by atoms with Crippen LogP contribution < -0.4 is 4.74 Å². The Morgan fingerprint density at radius 1 is 0.920 bits per heavy atom. The molecule has 0 aliphatic rings. The van der Waals surface area contributed by atoms with E-state index in [1.54, 1.807) is 18.2 Å². The Morgan fingerprint density at radius 2 is 1.64 bits per heavy atom. The van der Waals surface area contributed by atoms with Crippen molar-refractivity contribution < 1.29 is 4.74 Å². The fourth-order valence-corrected chi connectivity index (χ4v) is 3.65. The van der Waals surface area contributed by atoms with Crippen LogP contribution in [0.4, 0.5) is 0 Å². The van der Waals surface area contributed by atoms with E-state index in [4.69, 9.17) is 27.9 Å². The standard InChI is InChI=1S/C19H16Cl2N2OS/c1-11-4-7-15(8-5-11)25-19-18(12(2)22-13(3)23-19)24-17-9-6-14(20)10-16(17)21/h4-10H,1-3H3. The molecule has 3 rings (SSSR count). The molecule has 128 valence electrons. The van der Waals surface area contributed by atoms with E-state index in [0.29, 0.717) is 27.4 Å². The van der Waals surface area contributed by atoms with Crippen molar-refractivity contribution in [3.05, 3.63) is 69.6 Å². The monoisotopic (exact) mass is 390 g/mol. The molecule has 0 N–H and O–H groups in total. The Hall–Kier alpha value is -1.75. The van der Waals surface area contributed by atoms with Crippen molar-refractivity contribution in [1.82, 2.24) is 9.97 Å². The summed E-state index contributed by atoms with van der Waals surface area (Å²) >= 11 is 13.7. The Labute approximate surface area is 161 Å². The lowest BCUT2D eigenvalue weighted by molar-refractivity contribution is 0.456. The van der Waals surface area contributed by atoms with Gasteiger partial charge in [0.15, 0.2) is 5.75 Å². The number of nitrogens with zero attached hydrogens (tertiary/aromatic N) is 2. The number of aryl methyl sites for hydroxylation is 3. The van der Waals surface area contributed by atoms with Crippen LogP contribution in [0, 0.1) is 20.8 Å². The molecule has 0 unspecified atom stereocenters. The van der Waals surface area contributed by atoms with Crippen LogP contribution in [0.3, 0.4) is 0 Å². The zero-order valence-electron chi connectivity index (χ0n) is 14.0. The van der Waals surface area contributed by atoms with Crippen molar-refractivity contribution in [2.24, 2.45) is 0 Å². The lowest BCUT2D eigenvalue weighted by Gasteiger charge is -2.14. The number of hydrogen-bond donors (Lipinski definition) is 0. The molecular weight excluding hydrogens is 375 g/mol. The zero-order chi connectivity index (χ0) is 18.0. The first kappa shape index (κ1) is 18.1. The fraction of sp³-hybridized carbons (Fsp3) is 0.158. The topological polar surface area (TPSA) is 35.0 Å². The van der Waals surface area contributed by atoms with Gasteiger partial charge in [0.05, 0.1) is 10.7 Å². The normalized spacial score (nSPS) is 10.8. The Balaban J connectivity index is 1.98. The van der Waals surface area contributed by atoms with Gasteiger partial charge in [-0.15, -0.1) is 0 Å². The Morgan fingerprint density at radius 3 is 2.32 bits per heavy atom. The van der Waals surface area contributed by atoms with Crippen molar-refractivity contribution in [2.45, 2.75) is 30.7 Å².